The molecule has 5 aromatic rings. The highest BCUT2D eigenvalue weighted by Crippen LogP contribution is 2.26. The topological polar surface area (TPSA) is 72.2 Å². The number of hydrogen-bond acceptors (Lipinski definition) is 4. The van der Waals surface area contributed by atoms with Gasteiger partial charge in [0.25, 0.3) is 17.6 Å². The van der Waals surface area contributed by atoms with Gasteiger partial charge in [-0.1, -0.05) is 90.5 Å². The lowest BCUT2D eigenvalue weighted by atomic mass is 10.1. The second-order valence-corrected chi connectivity index (χ2v) is 7.66. The SMILES string of the molecule is O=C(/C=C/c1ccccc1Cl)Nc1nc2nc(-c3ccccc3)cc(-c3ccccc3)n2n1. The van der Waals surface area contributed by atoms with Gasteiger partial charge in [-0.15, -0.1) is 5.10 Å². The molecule has 2 heterocycles. The third-order valence-corrected chi connectivity index (χ3v) is 5.35. The third kappa shape index (κ3) is 4.51. The number of halogens is 1. The number of rotatable bonds is 5. The lowest BCUT2D eigenvalue weighted by Gasteiger charge is -2.07. The normalized spacial score (nSPS) is 11.2. The zero-order valence-corrected chi connectivity index (χ0v) is 18.1. The highest BCUT2D eigenvalue weighted by molar-refractivity contribution is 6.32. The van der Waals surface area contributed by atoms with Crippen LogP contribution in [0.1, 0.15) is 5.56 Å². The van der Waals surface area contributed by atoms with Crippen LogP contribution in [0.25, 0.3) is 34.4 Å². The van der Waals surface area contributed by atoms with Crippen molar-refractivity contribution in [3.63, 3.8) is 0 Å². The molecule has 0 saturated carbocycles. The van der Waals surface area contributed by atoms with Gasteiger partial charge < -0.3 is 0 Å². The van der Waals surface area contributed by atoms with Crippen molar-refractivity contribution in [2.24, 2.45) is 0 Å². The van der Waals surface area contributed by atoms with E-state index in [9.17, 15) is 4.79 Å². The summed E-state index contributed by atoms with van der Waals surface area (Å²) in [6.45, 7) is 0. The number of amides is 1. The predicted molar refractivity (Wildman–Crippen MR) is 131 cm³/mol. The van der Waals surface area contributed by atoms with Crippen LogP contribution < -0.4 is 5.32 Å². The molecule has 0 aliphatic rings. The van der Waals surface area contributed by atoms with E-state index in [-0.39, 0.29) is 11.9 Å². The summed E-state index contributed by atoms with van der Waals surface area (Å²) in [6.07, 6.45) is 3.04. The summed E-state index contributed by atoms with van der Waals surface area (Å²) in [7, 11) is 0. The fourth-order valence-electron chi connectivity index (χ4n) is 3.42. The molecule has 0 aliphatic heterocycles. The number of fused-ring (bicyclic) bond motifs is 1. The van der Waals surface area contributed by atoms with Gasteiger partial charge in [0.1, 0.15) is 0 Å². The maximum absolute atomic E-state index is 12.5. The third-order valence-electron chi connectivity index (χ3n) is 5.01. The number of nitrogens with zero attached hydrogens (tertiary/aromatic N) is 4. The molecular formula is C26H18ClN5O. The Balaban J connectivity index is 1.51. The first-order valence-corrected chi connectivity index (χ1v) is 10.7. The highest BCUT2D eigenvalue weighted by Gasteiger charge is 2.14. The molecular weight excluding hydrogens is 434 g/mol. The van der Waals surface area contributed by atoms with Crippen LogP contribution in [0.4, 0.5) is 5.95 Å². The Morgan fingerprint density at radius 1 is 0.848 bits per heavy atom. The van der Waals surface area contributed by atoms with E-state index in [1.807, 2.05) is 84.9 Å². The summed E-state index contributed by atoms with van der Waals surface area (Å²) in [4.78, 5) is 21.6. The molecule has 3 aromatic carbocycles. The van der Waals surface area contributed by atoms with Crippen molar-refractivity contribution < 1.29 is 4.79 Å². The Kier molecular flexibility index (Phi) is 5.66. The maximum Gasteiger partial charge on any atom is 0.255 e. The number of anilines is 1. The maximum atomic E-state index is 12.5. The van der Waals surface area contributed by atoms with Gasteiger partial charge in [0.2, 0.25) is 0 Å². The largest absolute Gasteiger partial charge is 0.290 e. The molecule has 2 aromatic heterocycles. The lowest BCUT2D eigenvalue weighted by Crippen LogP contribution is -2.09. The van der Waals surface area contributed by atoms with Crippen LogP contribution in [-0.4, -0.2) is 25.5 Å². The molecule has 160 valence electrons. The highest BCUT2D eigenvalue weighted by atomic mass is 35.5. The minimum absolute atomic E-state index is 0.165. The van der Waals surface area contributed by atoms with Gasteiger partial charge in [-0.05, 0) is 23.8 Å². The molecule has 6 nitrogen and oxygen atoms in total. The minimum Gasteiger partial charge on any atom is -0.290 e. The zero-order chi connectivity index (χ0) is 22.6. The molecule has 0 atom stereocenters. The smallest absolute Gasteiger partial charge is 0.255 e. The van der Waals surface area contributed by atoms with Gasteiger partial charge in [-0.2, -0.15) is 9.50 Å². The number of benzene rings is 3. The standard InChI is InChI=1S/C26H18ClN5O/c27-21-14-8-7-9-18(21)15-16-24(33)29-25-30-26-28-22(19-10-3-1-4-11-19)17-23(32(26)31-25)20-12-5-2-6-13-20/h1-17H,(H,29,31,33)/b16-15+. The summed E-state index contributed by atoms with van der Waals surface area (Å²) < 4.78 is 1.63. The van der Waals surface area contributed by atoms with Gasteiger partial charge in [0, 0.05) is 22.2 Å². The first kappa shape index (κ1) is 20.6. The Labute approximate surface area is 195 Å². The van der Waals surface area contributed by atoms with E-state index in [1.54, 1.807) is 16.7 Å². The van der Waals surface area contributed by atoms with Gasteiger partial charge >= 0.3 is 0 Å². The van der Waals surface area contributed by atoms with Gasteiger partial charge in [0.15, 0.2) is 0 Å². The molecule has 0 saturated heterocycles. The second kappa shape index (κ2) is 9.06. The molecule has 0 unspecified atom stereocenters. The van der Waals surface area contributed by atoms with Crippen molar-refractivity contribution in [3.05, 3.63) is 108 Å². The average molecular weight is 452 g/mol. The van der Waals surface area contributed by atoms with Crippen LogP contribution in [-0.2, 0) is 4.79 Å². The summed E-state index contributed by atoms with van der Waals surface area (Å²) in [5.41, 5.74) is 4.26. The Morgan fingerprint density at radius 2 is 1.52 bits per heavy atom. The Morgan fingerprint density at radius 3 is 2.24 bits per heavy atom. The van der Waals surface area contributed by atoms with Crippen LogP contribution in [0.2, 0.25) is 5.02 Å². The number of carbonyl (C=O) groups is 1. The van der Waals surface area contributed by atoms with E-state index < -0.39 is 0 Å². The summed E-state index contributed by atoms with van der Waals surface area (Å²) >= 11 is 6.14. The Bertz CT molecular complexity index is 1460. The molecule has 0 spiro atoms. The first-order chi connectivity index (χ1) is 16.2. The molecule has 7 heteroatoms. The van der Waals surface area contributed by atoms with Crippen molar-refractivity contribution in [2.45, 2.75) is 0 Å². The number of nitrogens with one attached hydrogen (secondary N) is 1. The van der Waals surface area contributed by atoms with Crippen LogP contribution in [0.5, 0.6) is 0 Å². The van der Waals surface area contributed by atoms with Crippen molar-refractivity contribution in [1.29, 1.82) is 0 Å². The first-order valence-electron chi connectivity index (χ1n) is 10.3. The van der Waals surface area contributed by atoms with E-state index >= 15 is 0 Å². The molecule has 5 rings (SSSR count). The minimum atomic E-state index is -0.365. The fourth-order valence-corrected chi connectivity index (χ4v) is 3.62. The second-order valence-electron chi connectivity index (χ2n) is 7.25. The van der Waals surface area contributed by atoms with E-state index in [0.717, 1.165) is 28.1 Å². The molecule has 1 N–H and O–H groups in total. The number of hydrogen-bond donors (Lipinski definition) is 1. The number of carbonyl (C=O) groups excluding carboxylic acids is 1. The summed E-state index contributed by atoms with van der Waals surface area (Å²) in [5, 5.41) is 7.76. The fraction of sp³-hybridized carbons (Fsp3) is 0. The Hall–Kier alpha value is -4.29. The molecule has 0 bridgehead atoms. The molecule has 0 radical (unpaired) electrons. The molecule has 33 heavy (non-hydrogen) atoms. The van der Waals surface area contributed by atoms with Crippen LogP contribution >= 0.6 is 11.6 Å². The number of aromatic nitrogens is 4. The van der Waals surface area contributed by atoms with E-state index in [1.165, 1.54) is 6.08 Å². The molecule has 0 aliphatic carbocycles. The van der Waals surface area contributed by atoms with E-state index in [0.29, 0.717) is 10.8 Å². The van der Waals surface area contributed by atoms with Crippen molar-refractivity contribution >= 4 is 35.3 Å². The molecule has 1 amide bonds. The lowest BCUT2D eigenvalue weighted by molar-refractivity contribution is -0.111. The van der Waals surface area contributed by atoms with Crippen molar-refractivity contribution in [1.82, 2.24) is 19.6 Å². The van der Waals surface area contributed by atoms with Crippen LogP contribution in [0, 0.1) is 0 Å². The van der Waals surface area contributed by atoms with Crippen LogP contribution in [0.15, 0.2) is 97.1 Å². The summed E-state index contributed by atoms with van der Waals surface area (Å²) in [5.74, 6) is 0.190. The van der Waals surface area contributed by atoms with E-state index in [4.69, 9.17) is 11.6 Å². The molecule has 0 fully saturated rings. The van der Waals surface area contributed by atoms with Gasteiger partial charge in [0.05, 0.1) is 11.4 Å². The summed E-state index contributed by atoms with van der Waals surface area (Å²) in [6, 6.07) is 29.0. The average Bonchev–Trinajstić information content (AvgIpc) is 3.26. The van der Waals surface area contributed by atoms with Crippen molar-refractivity contribution in [2.75, 3.05) is 5.32 Å². The monoisotopic (exact) mass is 451 g/mol. The van der Waals surface area contributed by atoms with E-state index in [2.05, 4.69) is 20.4 Å². The van der Waals surface area contributed by atoms with Gasteiger partial charge in [-0.3, -0.25) is 10.1 Å². The zero-order valence-electron chi connectivity index (χ0n) is 17.4. The quantitative estimate of drug-likeness (QED) is 0.344. The van der Waals surface area contributed by atoms with Gasteiger partial charge in [-0.25, -0.2) is 4.98 Å². The van der Waals surface area contributed by atoms with Crippen molar-refractivity contribution in [3.8, 4) is 22.5 Å². The predicted octanol–water partition coefficient (Wildman–Crippen LogP) is 5.76. The van der Waals surface area contributed by atoms with Crippen LogP contribution in [0.3, 0.4) is 0 Å².